The summed E-state index contributed by atoms with van der Waals surface area (Å²) in [5.74, 6) is 1.98. The molecule has 0 bridgehead atoms. The fourth-order valence-corrected chi connectivity index (χ4v) is 7.67. The van der Waals surface area contributed by atoms with E-state index in [0.29, 0.717) is 24.5 Å². The van der Waals surface area contributed by atoms with Gasteiger partial charge in [0, 0.05) is 19.0 Å². The first-order valence-corrected chi connectivity index (χ1v) is 19.4. The molecule has 0 aliphatic rings. The van der Waals surface area contributed by atoms with E-state index in [-0.39, 0.29) is 24.0 Å². The molecular formula is C45H46N2O6S. The molecule has 1 atom stereocenters. The SMILES string of the molecule is COc1ccc(C(CCN(Cc2ccccc2)[C@H](CO)c2ccc(OCc3ccccc3)c(NS(=O)(=O)c3ccccc3)c2)c2ccc(OC)cc2)cc1. The normalized spacial score (nSPS) is 12.0. The fourth-order valence-electron chi connectivity index (χ4n) is 6.59. The quantitative estimate of drug-likeness (QED) is 0.0909. The Balaban J connectivity index is 1.35. The van der Waals surface area contributed by atoms with Crippen molar-refractivity contribution in [1.82, 2.24) is 4.90 Å². The smallest absolute Gasteiger partial charge is 0.262 e. The summed E-state index contributed by atoms with van der Waals surface area (Å²) >= 11 is 0. The van der Waals surface area contributed by atoms with Crippen LogP contribution in [0.4, 0.5) is 5.69 Å². The van der Waals surface area contributed by atoms with Crippen LogP contribution in [0, 0.1) is 0 Å². The molecule has 278 valence electrons. The van der Waals surface area contributed by atoms with Crippen LogP contribution in [0.2, 0.25) is 0 Å². The van der Waals surface area contributed by atoms with Crippen molar-refractivity contribution in [1.29, 1.82) is 0 Å². The molecule has 0 radical (unpaired) electrons. The Hall–Kier alpha value is -5.61. The maximum Gasteiger partial charge on any atom is 0.262 e. The first kappa shape index (κ1) is 38.1. The Labute approximate surface area is 318 Å². The highest BCUT2D eigenvalue weighted by molar-refractivity contribution is 7.92. The topological polar surface area (TPSA) is 97.3 Å². The van der Waals surface area contributed by atoms with Crippen molar-refractivity contribution in [2.45, 2.75) is 36.4 Å². The molecular weight excluding hydrogens is 697 g/mol. The monoisotopic (exact) mass is 742 g/mol. The maximum atomic E-state index is 13.6. The van der Waals surface area contributed by atoms with E-state index in [2.05, 4.69) is 46.0 Å². The number of rotatable bonds is 18. The van der Waals surface area contributed by atoms with Crippen LogP contribution in [0.25, 0.3) is 0 Å². The van der Waals surface area contributed by atoms with Gasteiger partial charge in [0.2, 0.25) is 0 Å². The first-order valence-electron chi connectivity index (χ1n) is 17.9. The lowest BCUT2D eigenvalue weighted by molar-refractivity contribution is 0.114. The van der Waals surface area contributed by atoms with E-state index in [0.717, 1.165) is 45.7 Å². The molecule has 6 aromatic carbocycles. The van der Waals surface area contributed by atoms with Crippen molar-refractivity contribution in [2.24, 2.45) is 0 Å². The molecule has 0 aliphatic carbocycles. The molecule has 6 aromatic rings. The van der Waals surface area contributed by atoms with Crippen LogP contribution in [0.3, 0.4) is 0 Å². The van der Waals surface area contributed by atoms with Crippen molar-refractivity contribution in [3.05, 3.63) is 186 Å². The molecule has 0 spiro atoms. The predicted molar refractivity (Wildman–Crippen MR) is 214 cm³/mol. The Morgan fingerprint density at radius 1 is 0.648 bits per heavy atom. The molecule has 0 unspecified atom stereocenters. The predicted octanol–water partition coefficient (Wildman–Crippen LogP) is 8.84. The number of sulfonamides is 1. The lowest BCUT2D eigenvalue weighted by Gasteiger charge is -2.33. The van der Waals surface area contributed by atoms with Gasteiger partial charge in [-0.05, 0) is 82.8 Å². The summed E-state index contributed by atoms with van der Waals surface area (Å²) in [4.78, 5) is 2.39. The summed E-state index contributed by atoms with van der Waals surface area (Å²) in [6.07, 6.45) is 0.730. The molecule has 0 aromatic heterocycles. The van der Waals surface area contributed by atoms with E-state index < -0.39 is 16.1 Å². The number of nitrogens with one attached hydrogen (secondary N) is 1. The molecule has 0 fully saturated rings. The Bertz CT molecular complexity index is 2100. The van der Waals surface area contributed by atoms with Crippen molar-refractivity contribution >= 4 is 15.7 Å². The zero-order valence-electron chi connectivity index (χ0n) is 30.5. The van der Waals surface area contributed by atoms with Crippen LogP contribution in [0.15, 0.2) is 163 Å². The number of benzene rings is 6. The third kappa shape index (κ3) is 9.87. The van der Waals surface area contributed by atoms with E-state index in [4.69, 9.17) is 14.2 Å². The van der Waals surface area contributed by atoms with E-state index in [1.807, 2.05) is 78.9 Å². The van der Waals surface area contributed by atoms with Crippen molar-refractivity contribution < 1.29 is 27.7 Å². The maximum absolute atomic E-state index is 13.6. The van der Waals surface area contributed by atoms with Gasteiger partial charge in [-0.2, -0.15) is 0 Å². The third-order valence-corrected chi connectivity index (χ3v) is 10.9. The van der Waals surface area contributed by atoms with Crippen molar-refractivity contribution in [3.8, 4) is 17.2 Å². The molecule has 0 heterocycles. The van der Waals surface area contributed by atoms with Gasteiger partial charge < -0.3 is 19.3 Å². The number of hydrogen-bond acceptors (Lipinski definition) is 7. The molecule has 0 amide bonds. The number of ether oxygens (including phenoxy) is 3. The van der Waals surface area contributed by atoms with Gasteiger partial charge in [-0.3, -0.25) is 9.62 Å². The minimum atomic E-state index is -3.95. The number of aliphatic hydroxyl groups excluding tert-OH is 1. The fraction of sp³-hybridized carbons (Fsp3) is 0.200. The number of anilines is 1. The standard InChI is InChI=1S/C45H46N2O6S/c1-51-39-23-18-36(19-24-39)42(37-20-25-40(52-2)26-21-37)28-29-47(31-34-12-6-3-7-13-34)44(32-48)38-22-27-45(53-33-35-14-8-4-9-15-35)43(30-38)46-54(49,50)41-16-10-5-11-17-41/h3-27,30,42,44,46,48H,28-29,31-33H2,1-2H3/t44-/m1/s1. The second kappa shape index (κ2) is 18.4. The number of methoxy groups -OCH3 is 2. The molecule has 0 saturated carbocycles. The van der Waals surface area contributed by atoms with Gasteiger partial charge in [-0.25, -0.2) is 8.42 Å². The second-order valence-corrected chi connectivity index (χ2v) is 14.7. The van der Waals surface area contributed by atoms with Gasteiger partial charge in [0.25, 0.3) is 10.0 Å². The summed E-state index contributed by atoms with van der Waals surface area (Å²) in [6.45, 7) is 1.22. The second-order valence-electron chi connectivity index (χ2n) is 13.0. The minimum absolute atomic E-state index is 0.0291. The van der Waals surface area contributed by atoms with Gasteiger partial charge >= 0.3 is 0 Å². The van der Waals surface area contributed by atoms with E-state index in [9.17, 15) is 13.5 Å². The zero-order valence-corrected chi connectivity index (χ0v) is 31.4. The third-order valence-electron chi connectivity index (χ3n) is 9.51. The molecule has 9 heteroatoms. The highest BCUT2D eigenvalue weighted by Gasteiger charge is 2.25. The van der Waals surface area contributed by atoms with Crippen LogP contribution in [0.5, 0.6) is 17.2 Å². The average molecular weight is 743 g/mol. The van der Waals surface area contributed by atoms with Crippen LogP contribution < -0.4 is 18.9 Å². The van der Waals surface area contributed by atoms with Gasteiger partial charge in [0.05, 0.1) is 37.5 Å². The number of nitrogens with zero attached hydrogens (tertiary/aromatic N) is 1. The van der Waals surface area contributed by atoms with Crippen LogP contribution in [0.1, 0.15) is 46.2 Å². The summed E-state index contributed by atoms with van der Waals surface area (Å²) in [5.41, 5.74) is 5.35. The summed E-state index contributed by atoms with van der Waals surface area (Å²) < 4.78 is 47.2. The lowest BCUT2D eigenvalue weighted by Crippen LogP contribution is -2.32. The largest absolute Gasteiger partial charge is 0.497 e. The van der Waals surface area contributed by atoms with E-state index in [1.54, 1.807) is 56.7 Å². The molecule has 0 saturated heterocycles. The highest BCUT2D eigenvalue weighted by atomic mass is 32.2. The highest BCUT2D eigenvalue weighted by Crippen LogP contribution is 2.36. The Morgan fingerprint density at radius 3 is 1.70 bits per heavy atom. The summed E-state index contributed by atoms with van der Waals surface area (Å²) in [6, 6.07) is 49.4. The van der Waals surface area contributed by atoms with Crippen molar-refractivity contribution in [3.63, 3.8) is 0 Å². The Morgan fingerprint density at radius 2 is 1.17 bits per heavy atom. The van der Waals surface area contributed by atoms with Crippen LogP contribution in [-0.2, 0) is 23.2 Å². The lowest BCUT2D eigenvalue weighted by atomic mass is 9.88. The van der Waals surface area contributed by atoms with Gasteiger partial charge in [0.15, 0.2) is 0 Å². The summed E-state index contributed by atoms with van der Waals surface area (Å²) in [5, 5.41) is 11.1. The number of aliphatic hydroxyl groups is 1. The molecule has 0 aliphatic heterocycles. The van der Waals surface area contributed by atoms with Gasteiger partial charge in [-0.15, -0.1) is 0 Å². The van der Waals surface area contributed by atoms with Gasteiger partial charge in [0.1, 0.15) is 23.9 Å². The van der Waals surface area contributed by atoms with Crippen LogP contribution in [-0.4, -0.2) is 45.8 Å². The molecule has 54 heavy (non-hydrogen) atoms. The van der Waals surface area contributed by atoms with Crippen molar-refractivity contribution in [2.75, 3.05) is 32.1 Å². The zero-order chi connectivity index (χ0) is 37.8. The van der Waals surface area contributed by atoms with E-state index >= 15 is 0 Å². The first-order chi connectivity index (χ1) is 26.4. The molecule has 8 nitrogen and oxygen atoms in total. The molecule has 2 N–H and O–H groups in total. The molecule has 6 rings (SSSR count). The minimum Gasteiger partial charge on any atom is -0.497 e. The summed E-state index contributed by atoms with van der Waals surface area (Å²) in [7, 11) is -0.635. The average Bonchev–Trinajstić information content (AvgIpc) is 3.22. The van der Waals surface area contributed by atoms with Gasteiger partial charge in [-0.1, -0.05) is 109 Å². The number of hydrogen-bond donors (Lipinski definition) is 2. The van der Waals surface area contributed by atoms with E-state index in [1.165, 1.54) is 0 Å². The Kier molecular flexibility index (Phi) is 13.0. The van der Waals surface area contributed by atoms with Crippen LogP contribution >= 0.6 is 0 Å².